The van der Waals surface area contributed by atoms with Crippen molar-refractivity contribution >= 4 is 11.9 Å². The van der Waals surface area contributed by atoms with Crippen LogP contribution in [-0.2, 0) is 25.9 Å². The quantitative estimate of drug-likeness (QED) is 0.422. The molecule has 3 N–H and O–H groups in total. The molecule has 0 saturated carbocycles. The first kappa shape index (κ1) is 22.0. The molecule has 0 spiro atoms. The van der Waals surface area contributed by atoms with Gasteiger partial charge in [-0.1, -0.05) is 24.3 Å². The van der Waals surface area contributed by atoms with E-state index < -0.39 is 5.60 Å². The normalized spacial score (nSPS) is 10.3. The number of benzene rings is 2. The molecule has 0 fully saturated rings. The monoisotopic (exact) mass is 370 g/mol. The average molecular weight is 370 g/mol. The Morgan fingerprint density at radius 1 is 0.958 bits per heavy atom. The fourth-order valence-electron chi connectivity index (χ4n) is 1.31. The predicted octanol–water partition coefficient (Wildman–Crippen LogP) is 4.00. The van der Waals surface area contributed by atoms with E-state index in [1.807, 2.05) is 6.07 Å². The summed E-state index contributed by atoms with van der Waals surface area (Å²) in [4.78, 5) is 8.04. The van der Waals surface area contributed by atoms with Gasteiger partial charge < -0.3 is 10.2 Å². The van der Waals surface area contributed by atoms with Crippen LogP contribution in [0.1, 0.15) is 26.3 Å². The van der Waals surface area contributed by atoms with Crippen LogP contribution in [0.25, 0.3) is 0 Å². The molecular formula is C17H21NO5V. The molecule has 0 amide bonds. The van der Waals surface area contributed by atoms with Crippen molar-refractivity contribution in [3.8, 4) is 11.5 Å². The van der Waals surface area contributed by atoms with Gasteiger partial charge in [0.25, 0.3) is 0 Å². The van der Waals surface area contributed by atoms with Crippen LogP contribution in [0, 0.1) is 0 Å². The predicted molar refractivity (Wildman–Crippen MR) is 87.6 cm³/mol. The number of phenols is 2. The van der Waals surface area contributed by atoms with Gasteiger partial charge in [0.1, 0.15) is 17.2 Å². The molecule has 0 radical (unpaired) electrons. The Bertz CT molecular complexity index is 593. The number of rotatable bonds is 2. The van der Waals surface area contributed by atoms with Gasteiger partial charge in [-0.2, -0.15) is 0 Å². The first-order valence-electron chi connectivity index (χ1n) is 6.94. The molecule has 0 aliphatic heterocycles. The number of hydrogen-bond acceptors (Lipinski definition) is 6. The molecule has 24 heavy (non-hydrogen) atoms. The molecule has 0 bridgehead atoms. The number of para-hydroxylation sites is 3. The Balaban J connectivity index is 0.000000563. The molecule has 2 aromatic carbocycles. The second kappa shape index (κ2) is 11.5. The van der Waals surface area contributed by atoms with Gasteiger partial charge in [0.05, 0.1) is 5.60 Å². The summed E-state index contributed by atoms with van der Waals surface area (Å²) in [5.74, 6) is 0.288. The zero-order valence-corrected chi connectivity index (χ0v) is 15.1. The zero-order valence-electron chi connectivity index (χ0n) is 13.7. The summed E-state index contributed by atoms with van der Waals surface area (Å²) in [6.07, 6.45) is 1.52. The van der Waals surface area contributed by atoms with Crippen molar-refractivity contribution in [2.45, 2.75) is 26.4 Å². The molecule has 0 aliphatic carbocycles. The Morgan fingerprint density at radius 2 is 1.42 bits per heavy atom. The number of phenolic OH excluding ortho intramolecular Hbond substituents is 2. The van der Waals surface area contributed by atoms with Crippen LogP contribution in [0.5, 0.6) is 11.5 Å². The Hall–Kier alpha value is -1.99. The molecule has 0 aliphatic rings. The molecule has 2 rings (SSSR count). The second-order valence-corrected chi connectivity index (χ2v) is 5.51. The van der Waals surface area contributed by atoms with E-state index in [1.165, 1.54) is 6.21 Å². The molecule has 129 valence electrons. The summed E-state index contributed by atoms with van der Waals surface area (Å²) in [5.41, 5.74) is 0.691. The number of aliphatic imine (C=N–C) groups is 1. The summed E-state index contributed by atoms with van der Waals surface area (Å²) in [6.45, 7) is 5.31. The van der Waals surface area contributed by atoms with Gasteiger partial charge in [0, 0.05) is 11.8 Å². The topological polar surface area (TPSA) is 99.3 Å². The van der Waals surface area contributed by atoms with Crippen LogP contribution >= 0.6 is 0 Å². The summed E-state index contributed by atoms with van der Waals surface area (Å²) in [7, 11) is 0. The van der Waals surface area contributed by atoms with E-state index in [9.17, 15) is 10.2 Å². The number of nitrogens with zero attached hydrogens (tertiary/aromatic N) is 1. The maximum atomic E-state index is 9.50. The fourth-order valence-corrected chi connectivity index (χ4v) is 1.31. The minimum absolute atomic E-state index is 0.120. The van der Waals surface area contributed by atoms with Crippen molar-refractivity contribution in [2.24, 2.45) is 4.99 Å². The fraction of sp³-hybridized carbons (Fsp3) is 0.235. The van der Waals surface area contributed by atoms with E-state index in [-0.39, 0.29) is 11.5 Å². The van der Waals surface area contributed by atoms with E-state index in [2.05, 4.69) is 9.88 Å². The second-order valence-electron chi connectivity index (χ2n) is 5.51. The third-order valence-corrected chi connectivity index (χ3v) is 2.44. The number of hydrogen-bond donors (Lipinski definition) is 3. The summed E-state index contributed by atoms with van der Waals surface area (Å²) in [6, 6.07) is 13.7. The Morgan fingerprint density at radius 3 is 1.88 bits per heavy atom. The first-order valence-corrected chi connectivity index (χ1v) is 7.51. The van der Waals surface area contributed by atoms with E-state index in [4.69, 9.17) is 8.93 Å². The van der Waals surface area contributed by atoms with Crippen molar-refractivity contribution in [3.63, 3.8) is 0 Å². The van der Waals surface area contributed by atoms with E-state index in [0.29, 0.717) is 11.3 Å². The molecule has 7 heteroatoms. The standard InChI is InChI=1S/C13H11NO2.C4H10O2.O.V/c15-12-7-3-1-5-10(12)9-14-11-6-2-4-8-13(11)16;1-4(2,3)6-5;;/h1-9,15-16H;5H,1-3H3;;. The number of aromatic hydroxyl groups is 2. The summed E-state index contributed by atoms with van der Waals surface area (Å²) in [5, 5.41) is 26.9. The molecular weight excluding hydrogens is 349 g/mol. The third-order valence-electron chi connectivity index (χ3n) is 2.44. The van der Waals surface area contributed by atoms with Gasteiger partial charge in [-0.25, -0.2) is 4.89 Å². The van der Waals surface area contributed by atoms with Gasteiger partial charge >= 0.3 is 21.0 Å². The van der Waals surface area contributed by atoms with Crippen LogP contribution < -0.4 is 0 Å². The molecule has 2 aromatic rings. The van der Waals surface area contributed by atoms with Gasteiger partial charge in [0.2, 0.25) is 0 Å². The van der Waals surface area contributed by atoms with Crippen molar-refractivity contribution in [1.82, 2.24) is 0 Å². The molecule has 0 heterocycles. The van der Waals surface area contributed by atoms with E-state index >= 15 is 0 Å². The van der Waals surface area contributed by atoms with E-state index in [1.54, 1.807) is 63.2 Å². The van der Waals surface area contributed by atoms with Gasteiger partial charge in [0.15, 0.2) is 0 Å². The van der Waals surface area contributed by atoms with Gasteiger partial charge in [-0.3, -0.25) is 10.2 Å². The van der Waals surface area contributed by atoms with Crippen molar-refractivity contribution < 1.29 is 41.4 Å². The summed E-state index contributed by atoms with van der Waals surface area (Å²) >= 11 is 1.06. The van der Waals surface area contributed by atoms with Crippen LogP contribution in [0.3, 0.4) is 0 Å². The van der Waals surface area contributed by atoms with Crippen LogP contribution in [-0.4, -0.2) is 27.3 Å². The van der Waals surface area contributed by atoms with Crippen molar-refractivity contribution in [1.29, 1.82) is 0 Å². The minimum atomic E-state index is -0.403. The summed E-state index contributed by atoms with van der Waals surface area (Å²) < 4.78 is 8.19. The molecule has 6 nitrogen and oxygen atoms in total. The molecule has 0 saturated heterocycles. The molecule has 0 aromatic heterocycles. The molecule has 0 atom stereocenters. The maximum absolute atomic E-state index is 9.50. The van der Waals surface area contributed by atoms with Crippen LogP contribution in [0.2, 0.25) is 0 Å². The van der Waals surface area contributed by atoms with Crippen LogP contribution in [0.15, 0.2) is 53.5 Å². The molecule has 0 unspecified atom stereocenters. The third kappa shape index (κ3) is 9.22. The first-order chi connectivity index (χ1) is 11.3. The Kier molecular flexibility index (Phi) is 10.6. The Labute approximate surface area is 150 Å². The van der Waals surface area contributed by atoms with Gasteiger partial charge in [-0.05, 0) is 45.0 Å². The van der Waals surface area contributed by atoms with Crippen LogP contribution in [0.4, 0.5) is 5.69 Å². The van der Waals surface area contributed by atoms with Crippen molar-refractivity contribution in [3.05, 3.63) is 54.1 Å². The van der Waals surface area contributed by atoms with E-state index in [0.717, 1.165) is 17.4 Å². The zero-order chi connectivity index (χ0) is 18.6. The average Bonchev–Trinajstić information content (AvgIpc) is 2.57. The van der Waals surface area contributed by atoms with Gasteiger partial charge in [-0.15, -0.1) is 0 Å². The van der Waals surface area contributed by atoms with Crippen molar-refractivity contribution in [2.75, 3.05) is 0 Å². The SMILES string of the molecule is CC(C)(C)OO.Oc1ccccc1C=Nc1ccccc1O.[O]=[V].